The van der Waals surface area contributed by atoms with Gasteiger partial charge in [-0.3, -0.25) is 9.44 Å². The Kier molecular flexibility index (Phi) is 10.8. The second-order valence-corrected chi connectivity index (χ2v) is 15.9. The molecule has 53 heavy (non-hydrogen) atoms. The van der Waals surface area contributed by atoms with Gasteiger partial charge in [0.1, 0.15) is 11.6 Å². The number of aliphatic hydroxyl groups excluding tert-OH is 2. The Balaban J connectivity index is 1.28. The average molecular weight is 824 g/mol. The van der Waals surface area contributed by atoms with E-state index < -0.39 is 56.3 Å². The van der Waals surface area contributed by atoms with Crippen molar-refractivity contribution in [3.63, 3.8) is 0 Å². The Labute approximate surface area is 312 Å². The van der Waals surface area contributed by atoms with Crippen molar-refractivity contribution < 1.29 is 45.7 Å². The zero-order valence-corrected chi connectivity index (χ0v) is 30.5. The van der Waals surface area contributed by atoms with Gasteiger partial charge < -0.3 is 20.1 Å². The second-order valence-electron chi connectivity index (χ2n) is 11.6. The van der Waals surface area contributed by atoms with E-state index in [2.05, 4.69) is 25.4 Å². The van der Waals surface area contributed by atoms with E-state index in [1.165, 1.54) is 72.8 Å². The third-order valence-corrected chi connectivity index (χ3v) is 11.3. The first-order valence-electron chi connectivity index (χ1n) is 15.6. The molecule has 0 saturated heterocycles. The molecule has 0 unspecified atom stereocenters. The number of halogens is 3. The van der Waals surface area contributed by atoms with Crippen molar-refractivity contribution in [2.24, 2.45) is 0 Å². The van der Waals surface area contributed by atoms with E-state index in [0.717, 1.165) is 21.7 Å². The highest BCUT2D eigenvalue weighted by molar-refractivity contribution is 9.10. The minimum Gasteiger partial charge on any atom is -0.503 e. The van der Waals surface area contributed by atoms with Gasteiger partial charge in [-0.2, -0.15) is 0 Å². The predicted octanol–water partition coefficient (Wildman–Crippen LogP) is 8.15. The van der Waals surface area contributed by atoms with Crippen molar-refractivity contribution in [3.8, 4) is 39.5 Å². The number of para-hydroxylation sites is 1. The fourth-order valence-corrected chi connectivity index (χ4v) is 7.73. The van der Waals surface area contributed by atoms with E-state index in [-0.39, 0.29) is 49.2 Å². The first-order chi connectivity index (χ1) is 25.3. The van der Waals surface area contributed by atoms with E-state index in [1.54, 1.807) is 12.1 Å². The summed E-state index contributed by atoms with van der Waals surface area (Å²) in [5, 5.41) is 31.3. The van der Waals surface area contributed by atoms with Gasteiger partial charge >= 0.3 is 0 Å². The Morgan fingerprint density at radius 3 is 1.77 bits per heavy atom. The van der Waals surface area contributed by atoms with Crippen LogP contribution in [0.15, 0.2) is 136 Å². The van der Waals surface area contributed by atoms with Crippen LogP contribution in [0.1, 0.15) is 11.1 Å². The SMILES string of the molecule is O=S(=O)(Nc1cc(CO)cc(Oc2c(CO)cccc2NS(=O)(=O)c2ccc(-c3ccc(Br)cc3)cc2)c1O)c1ccc(-c2ccc(F)cc2F)cc1. The summed E-state index contributed by atoms with van der Waals surface area (Å²) in [7, 11) is -8.62. The van der Waals surface area contributed by atoms with Crippen molar-refractivity contribution in [1.29, 1.82) is 0 Å². The van der Waals surface area contributed by atoms with Crippen molar-refractivity contribution in [1.82, 2.24) is 0 Å². The number of hydrogen-bond donors (Lipinski definition) is 5. The molecule has 0 aliphatic heterocycles. The summed E-state index contributed by atoms with van der Waals surface area (Å²) in [5.74, 6) is -2.90. The lowest BCUT2D eigenvalue weighted by Crippen LogP contribution is -2.14. The molecule has 0 aliphatic rings. The molecule has 0 bridgehead atoms. The summed E-state index contributed by atoms with van der Waals surface area (Å²) >= 11 is 3.39. The van der Waals surface area contributed by atoms with Crippen LogP contribution in [0.3, 0.4) is 0 Å². The number of ether oxygens (including phenoxy) is 1. The minimum atomic E-state index is -4.40. The number of aromatic hydroxyl groups is 1. The van der Waals surface area contributed by atoms with Crippen LogP contribution < -0.4 is 14.2 Å². The van der Waals surface area contributed by atoms with Crippen molar-refractivity contribution >= 4 is 47.4 Å². The zero-order valence-electron chi connectivity index (χ0n) is 27.3. The number of phenols is 1. The molecular weight excluding hydrogens is 794 g/mol. The van der Waals surface area contributed by atoms with E-state index >= 15 is 0 Å². The van der Waals surface area contributed by atoms with Crippen molar-refractivity contribution in [3.05, 3.63) is 149 Å². The molecule has 0 spiro atoms. The maximum atomic E-state index is 14.3. The molecule has 0 atom stereocenters. The van der Waals surface area contributed by atoms with E-state index in [9.17, 15) is 40.9 Å². The number of sulfonamides is 2. The molecule has 15 heteroatoms. The van der Waals surface area contributed by atoms with Gasteiger partial charge in [-0.15, -0.1) is 0 Å². The number of hydrogen-bond acceptors (Lipinski definition) is 8. The fraction of sp³-hybridized carbons (Fsp3) is 0.0526. The third-order valence-electron chi connectivity index (χ3n) is 8.03. The topological polar surface area (TPSA) is 162 Å². The molecule has 10 nitrogen and oxygen atoms in total. The van der Waals surface area contributed by atoms with E-state index in [4.69, 9.17) is 4.74 Å². The number of aliphatic hydroxyl groups is 2. The number of benzene rings is 6. The quantitative estimate of drug-likeness (QED) is 0.0773. The Morgan fingerprint density at radius 1 is 0.642 bits per heavy atom. The lowest BCUT2D eigenvalue weighted by atomic mass is 10.1. The number of nitrogens with one attached hydrogen (secondary N) is 2. The predicted molar refractivity (Wildman–Crippen MR) is 199 cm³/mol. The van der Waals surface area contributed by atoms with Gasteiger partial charge in [0.2, 0.25) is 0 Å². The van der Waals surface area contributed by atoms with Gasteiger partial charge in [-0.1, -0.05) is 64.5 Å². The molecule has 0 heterocycles. The maximum Gasteiger partial charge on any atom is 0.262 e. The highest BCUT2D eigenvalue weighted by Crippen LogP contribution is 2.43. The smallest absolute Gasteiger partial charge is 0.262 e. The van der Waals surface area contributed by atoms with Crippen molar-refractivity contribution in [2.75, 3.05) is 9.44 Å². The Morgan fingerprint density at radius 2 is 1.21 bits per heavy atom. The summed E-state index contributed by atoms with van der Waals surface area (Å²) in [5.41, 5.74) is 1.71. The van der Waals surface area contributed by atoms with Crippen LogP contribution in [0.5, 0.6) is 17.2 Å². The largest absolute Gasteiger partial charge is 0.503 e. The maximum absolute atomic E-state index is 14.3. The summed E-state index contributed by atoms with van der Waals surface area (Å²) in [6.45, 7) is -1.22. The van der Waals surface area contributed by atoms with E-state index in [0.29, 0.717) is 6.07 Å². The van der Waals surface area contributed by atoms with Crippen LogP contribution in [0.4, 0.5) is 20.2 Å². The van der Waals surface area contributed by atoms with Crippen LogP contribution in [-0.2, 0) is 33.3 Å². The minimum absolute atomic E-state index is 0.0535. The molecule has 0 aromatic heterocycles. The monoisotopic (exact) mass is 822 g/mol. The fourth-order valence-electron chi connectivity index (χ4n) is 5.35. The van der Waals surface area contributed by atoms with Crippen LogP contribution in [-0.4, -0.2) is 32.2 Å². The van der Waals surface area contributed by atoms with Crippen LogP contribution in [0, 0.1) is 11.6 Å². The van der Waals surface area contributed by atoms with Crippen LogP contribution in [0.2, 0.25) is 0 Å². The number of phenolic OH excluding ortho intramolecular Hbond substituents is 1. The molecule has 0 saturated carbocycles. The Hall–Kier alpha value is -5.32. The molecule has 0 aliphatic carbocycles. The molecule has 272 valence electrons. The normalized spacial score (nSPS) is 11.6. The van der Waals surface area contributed by atoms with Gasteiger partial charge in [0.05, 0.1) is 34.4 Å². The molecule has 0 amide bonds. The van der Waals surface area contributed by atoms with Gasteiger partial charge in [0.15, 0.2) is 17.2 Å². The van der Waals surface area contributed by atoms with Crippen LogP contribution >= 0.6 is 15.9 Å². The number of anilines is 2. The van der Waals surface area contributed by atoms with Crippen LogP contribution in [0.25, 0.3) is 22.3 Å². The molecule has 6 rings (SSSR count). The summed E-state index contributed by atoms with van der Waals surface area (Å²) in [6.07, 6.45) is 0. The summed E-state index contributed by atoms with van der Waals surface area (Å²) < 4.78 is 93.0. The molecule has 6 aromatic carbocycles. The summed E-state index contributed by atoms with van der Waals surface area (Å²) in [4.78, 5) is -0.344. The molecule has 0 radical (unpaired) electrons. The molecule has 0 fully saturated rings. The molecule has 6 aromatic rings. The van der Waals surface area contributed by atoms with Gasteiger partial charge in [0.25, 0.3) is 20.0 Å². The lowest BCUT2D eigenvalue weighted by Gasteiger charge is -2.19. The van der Waals surface area contributed by atoms with Gasteiger partial charge in [-0.05, 0) is 89.0 Å². The summed E-state index contributed by atoms with van der Waals surface area (Å²) in [6, 6.07) is 28.4. The first-order valence-corrected chi connectivity index (χ1v) is 19.4. The third kappa shape index (κ3) is 8.34. The lowest BCUT2D eigenvalue weighted by molar-refractivity contribution is 0.275. The first kappa shape index (κ1) is 37.4. The molecular formula is C38H29BrF2N2O8S2. The molecule has 5 N–H and O–H groups in total. The highest BCUT2D eigenvalue weighted by Gasteiger charge is 2.23. The number of rotatable bonds is 12. The standard InChI is InChI=1S/C38H29BrF2N2O8S2/c39-28-10-4-24(5-11-28)25-6-13-30(14-7-25)52(47,48)42-34-3-1-2-27(22-45)38(34)51-36-19-23(21-44)18-35(37(36)46)43-53(49,50)31-15-8-26(9-16-31)32-17-12-29(40)20-33(32)41/h1-20,42-46H,21-22H2. The second kappa shape index (κ2) is 15.3. The zero-order chi connectivity index (χ0) is 37.9. The Bertz CT molecular complexity index is 2520. The highest BCUT2D eigenvalue weighted by atomic mass is 79.9. The average Bonchev–Trinajstić information content (AvgIpc) is 3.14. The van der Waals surface area contributed by atoms with Crippen molar-refractivity contribution in [2.45, 2.75) is 23.0 Å². The van der Waals surface area contributed by atoms with Gasteiger partial charge in [0, 0.05) is 21.7 Å². The van der Waals surface area contributed by atoms with E-state index in [1.807, 2.05) is 24.3 Å². The van der Waals surface area contributed by atoms with Gasteiger partial charge in [-0.25, -0.2) is 25.6 Å².